The second kappa shape index (κ2) is 8.52. The molecule has 1 fully saturated rings. The number of rotatable bonds is 8. The molecule has 1 saturated carbocycles. The first-order valence-electron chi connectivity index (χ1n) is 10.3. The molecule has 0 bridgehead atoms. The third-order valence-corrected chi connectivity index (χ3v) is 5.57. The summed E-state index contributed by atoms with van der Waals surface area (Å²) in [5.74, 6) is 1.30. The van der Waals surface area contributed by atoms with Crippen molar-refractivity contribution in [3.63, 3.8) is 0 Å². The van der Waals surface area contributed by atoms with Gasteiger partial charge in [0, 0.05) is 30.7 Å². The Hall–Kier alpha value is -2.74. The van der Waals surface area contributed by atoms with E-state index in [1.54, 1.807) is 0 Å². The Morgan fingerprint density at radius 1 is 0.929 bits per heavy atom. The molecule has 1 aromatic heterocycles. The first-order valence-corrected chi connectivity index (χ1v) is 10.3. The summed E-state index contributed by atoms with van der Waals surface area (Å²) in [4.78, 5) is 17.2. The normalized spacial score (nSPS) is 14.6. The van der Waals surface area contributed by atoms with Crippen molar-refractivity contribution in [1.29, 1.82) is 0 Å². The maximum atomic E-state index is 12.5. The molecule has 2 nitrogen and oxygen atoms in total. The summed E-state index contributed by atoms with van der Waals surface area (Å²) < 4.78 is 0. The molecule has 0 saturated heterocycles. The van der Waals surface area contributed by atoms with E-state index in [4.69, 9.17) is 0 Å². The smallest absolute Gasteiger partial charge is 0.137 e. The van der Waals surface area contributed by atoms with E-state index in [1.165, 1.54) is 29.5 Å². The van der Waals surface area contributed by atoms with Crippen molar-refractivity contribution in [2.75, 3.05) is 0 Å². The molecule has 28 heavy (non-hydrogen) atoms. The summed E-state index contributed by atoms with van der Waals surface area (Å²) in [6.07, 6.45) is 6.89. The van der Waals surface area contributed by atoms with E-state index < -0.39 is 0 Å². The second-order valence-corrected chi connectivity index (χ2v) is 8.12. The van der Waals surface area contributed by atoms with E-state index >= 15 is 0 Å². The van der Waals surface area contributed by atoms with E-state index in [0.29, 0.717) is 12.8 Å². The van der Waals surface area contributed by atoms with Gasteiger partial charge in [-0.2, -0.15) is 0 Å². The van der Waals surface area contributed by atoms with E-state index in [2.05, 4.69) is 60.4 Å². The SMILES string of the molecule is C[C@@H](CC(=O)Cc1ccc(-c2ccccc2)cc1)c1ccc(CC2CC2)cn1. The lowest BCUT2D eigenvalue weighted by Crippen LogP contribution is -2.09. The van der Waals surface area contributed by atoms with Crippen molar-refractivity contribution in [2.45, 2.75) is 44.9 Å². The van der Waals surface area contributed by atoms with Gasteiger partial charge < -0.3 is 0 Å². The van der Waals surface area contributed by atoms with Crippen molar-refractivity contribution in [2.24, 2.45) is 5.92 Å². The molecule has 1 aliphatic carbocycles. The average molecular weight is 370 g/mol. The Bertz CT molecular complexity index is 909. The van der Waals surface area contributed by atoms with Gasteiger partial charge in [0.2, 0.25) is 0 Å². The Labute approximate surface area is 167 Å². The lowest BCUT2D eigenvalue weighted by molar-refractivity contribution is -0.118. The van der Waals surface area contributed by atoms with Crippen LogP contribution in [0.5, 0.6) is 0 Å². The summed E-state index contributed by atoms with van der Waals surface area (Å²) >= 11 is 0. The van der Waals surface area contributed by atoms with Gasteiger partial charge in [-0.25, -0.2) is 0 Å². The molecule has 0 radical (unpaired) electrons. The fraction of sp³-hybridized carbons (Fsp3) is 0.308. The summed E-state index contributed by atoms with van der Waals surface area (Å²) in [6.45, 7) is 2.10. The van der Waals surface area contributed by atoms with Gasteiger partial charge in [-0.1, -0.05) is 67.6 Å². The van der Waals surface area contributed by atoms with Gasteiger partial charge in [0.1, 0.15) is 5.78 Å². The zero-order valence-electron chi connectivity index (χ0n) is 16.5. The van der Waals surface area contributed by atoms with E-state index in [1.807, 2.05) is 24.4 Å². The molecule has 3 aromatic rings. The highest BCUT2D eigenvalue weighted by Gasteiger charge is 2.21. The Morgan fingerprint density at radius 2 is 1.61 bits per heavy atom. The molecule has 1 atom stereocenters. The highest BCUT2D eigenvalue weighted by atomic mass is 16.1. The predicted molar refractivity (Wildman–Crippen MR) is 114 cm³/mol. The molecule has 0 amide bonds. The third kappa shape index (κ3) is 4.95. The molecule has 0 unspecified atom stereocenters. The van der Waals surface area contributed by atoms with Gasteiger partial charge in [0.25, 0.3) is 0 Å². The first kappa shape index (κ1) is 18.6. The van der Waals surface area contributed by atoms with Crippen LogP contribution in [0.15, 0.2) is 72.9 Å². The lowest BCUT2D eigenvalue weighted by Gasteiger charge is -2.11. The van der Waals surface area contributed by atoms with Crippen LogP contribution in [-0.4, -0.2) is 10.8 Å². The van der Waals surface area contributed by atoms with Crippen molar-refractivity contribution in [3.8, 4) is 11.1 Å². The second-order valence-electron chi connectivity index (χ2n) is 8.12. The van der Waals surface area contributed by atoms with Crippen molar-refractivity contribution in [1.82, 2.24) is 4.98 Å². The number of aromatic nitrogens is 1. The van der Waals surface area contributed by atoms with Crippen LogP contribution in [0, 0.1) is 5.92 Å². The molecule has 0 spiro atoms. The number of hydrogen-bond donors (Lipinski definition) is 0. The average Bonchev–Trinajstić information content (AvgIpc) is 3.54. The van der Waals surface area contributed by atoms with Crippen LogP contribution in [0.3, 0.4) is 0 Å². The monoisotopic (exact) mass is 369 g/mol. The minimum atomic E-state index is 0.158. The van der Waals surface area contributed by atoms with Crippen LogP contribution in [0.2, 0.25) is 0 Å². The molecule has 1 aliphatic rings. The van der Waals surface area contributed by atoms with Gasteiger partial charge in [0.15, 0.2) is 0 Å². The minimum Gasteiger partial charge on any atom is -0.299 e. The van der Waals surface area contributed by atoms with Gasteiger partial charge in [-0.05, 0) is 53.5 Å². The van der Waals surface area contributed by atoms with Crippen molar-refractivity contribution >= 4 is 5.78 Å². The maximum absolute atomic E-state index is 12.5. The van der Waals surface area contributed by atoms with E-state index in [9.17, 15) is 4.79 Å². The Kier molecular flexibility index (Phi) is 5.66. The van der Waals surface area contributed by atoms with Crippen LogP contribution in [0.25, 0.3) is 11.1 Å². The molecule has 4 rings (SSSR count). The van der Waals surface area contributed by atoms with Gasteiger partial charge in [0.05, 0.1) is 0 Å². The topological polar surface area (TPSA) is 30.0 Å². The molecule has 0 N–H and O–H groups in total. The summed E-state index contributed by atoms with van der Waals surface area (Å²) in [5, 5.41) is 0. The van der Waals surface area contributed by atoms with E-state index in [0.717, 1.165) is 23.6 Å². The Balaban J connectivity index is 1.32. The molecule has 2 heteroatoms. The Morgan fingerprint density at radius 3 is 2.25 bits per heavy atom. The van der Waals surface area contributed by atoms with Crippen LogP contribution in [0.4, 0.5) is 0 Å². The quantitative estimate of drug-likeness (QED) is 0.487. The number of hydrogen-bond acceptors (Lipinski definition) is 2. The first-order chi connectivity index (χ1) is 13.7. The lowest BCUT2D eigenvalue weighted by atomic mass is 9.95. The summed E-state index contributed by atoms with van der Waals surface area (Å²) in [7, 11) is 0. The largest absolute Gasteiger partial charge is 0.299 e. The fourth-order valence-electron chi connectivity index (χ4n) is 3.70. The van der Waals surface area contributed by atoms with Crippen molar-refractivity contribution in [3.05, 3.63) is 89.7 Å². The number of ketones is 1. The third-order valence-electron chi connectivity index (χ3n) is 5.57. The van der Waals surface area contributed by atoms with Gasteiger partial charge >= 0.3 is 0 Å². The number of pyridine rings is 1. The van der Waals surface area contributed by atoms with E-state index in [-0.39, 0.29) is 11.7 Å². The molecular weight excluding hydrogens is 342 g/mol. The fourth-order valence-corrected chi connectivity index (χ4v) is 3.70. The predicted octanol–water partition coefficient (Wildman–Crippen LogP) is 6.01. The van der Waals surface area contributed by atoms with Crippen LogP contribution in [-0.2, 0) is 17.6 Å². The van der Waals surface area contributed by atoms with Gasteiger partial charge in [-0.3, -0.25) is 9.78 Å². The van der Waals surface area contributed by atoms with Crippen LogP contribution in [0.1, 0.15) is 48.9 Å². The number of carbonyl (C=O) groups is 1. The highest BCUT2D eigenvalue weighted by Crippen LogP contribution is 2.32. The number of nitrogens with zero attached hydrogens (tertiary/aromatic N) is 1. The minimum absolute atomic E-state index is 0.158. The number of benzene rings is 2. The van der Waals surface area contributed by atoms with Crippen LogP contribution < -0.4 is 0 Å². The molecule has 142 valence electrons. The summed E-state index contributed by atoms with van der Waals surface area (Å²) in [5.41, 5.74) is 5.80. The van der Waals surface area contributed by atoms with Crippen molar-refractivity contribution < 1.29 is 4.79 Å². The van der Waals surface area contributed by atoms with Gasteiger partial charge in [-0.15, -0.1) is 0 Å². The number of carbonyl (C=O) groups excluding carboxylic acids is 1. The zero-order chi connectivity index (χ0) is 19.3. The summed E-state index contributed by atoms with van der Waals surface area (Å²) in [6, 6.07) is 22.9. The molecule has 1 heterocycles. The van der Waals surface area contributed by atoms with Crippen LogP contribution >= 0.6 is 0 Å². The zero-order valence-corrected chi connectivity index (χ0v) is 16.5. The molecular formula is C26H27NO. The highest BCUT2D eigenvalue weighted by molar-refractivity contribution is 5.81. The standard InChI is InChI=1S/C26H27NO/c1-19(26-14-11-22(18-27-26)16-20-7-8-20)15-25(28)17-21-9-12-24(13-10-21)23-5-3-2-4-6-23/h2-6,9-14,18-20H,7-8,15-17H2,1H3/t19-/m0/s1. The number of Topliss-reactive ketones (excluding diaryl/α,β-unsaturated/α-hetero) is 1. The molecule has 2 aromatic carbocycles. The maximum Gasteiger partial charge on any atom is 0.137 e. The molecule has 0 aliphatic heterocycles.